The number of rotatable bonds is 3. The summed E-state index contributed by atoms with van der Waals surface area (Å²) in [6.45, 7) is 13.5. The van der Waals surface area contributed by atoms with Crippen LogP contribution in [0.15, 0.2) is 4.99 Å². The Morgan fingerprint density at radius 3 is 2.67 bits per heavy atom. The third-order valence-corrected chi connectivity index (χ3v) is 5.18. The first-order valence-electron chi connectivity index (χ1n) is 9.67. The third kappa shape index (κ3) is 4.36. The van der Waals surface area contributed by atoms with Crippen molar-refractivity contribution in [3.8, 4) is 0 Å². The number of nitrogens with zero attached hydrogens (tertiary/aromatic N) is 5. The predicted octanol–water partition coefficient (Wildman–Crippen LogP) is 1.46. The van der Waals surface area contributed by atoms with Gasteiger partial charge in [-0.05, 0) is 46.6 Å². The lowest BCUT2D eigenvalue weighted by Crippen LogP contribution is -2.57. The molecule has 2 aliphatic rings. The van der Waals surface area contributed by atoms with Crippen molar-refractivity contribution in [3.05, 3.63) is 17.0 Å². The summed E-state index contributed by atoms with van der Waals surface area (Å²) in [5.41, 5.74) is 3.14. The fourth-order valence-corrected chi connectivity index (χ4v) is 3.70. The van der Waals surface area contributed by atoms with Gasteiger partial charge in [-0.25, -0.2) is 4.79 Å². The molecule has 1 saturated heterocycles. The number of ether oxygens (including phenoxy) is 1. The second-order valence-electron chi connectivity index (χ2n) is 8.39. The van der Waals surface area contributed by atoms with Crippen LogP contribution in [0.2, 0.25) is 0 Å². The van der Waals surface area contributed by atoms with Gasteiger partial charge < -0.3 is 19.9 Å². The van der Waals surface area contributed by atoms with Crippen molar-refractivity contribution in [2.24, 2.45) is 12.0 Å². The number of amides is 1. The maximum absolute atomic E-state index is 12.3. The topological polar surface area (TPSA) is 75.0 Å². The van der Waals surface area contributed by atoms with Crippen molar-refractivity contribution >= 4 is 12.1 Å². The van der Waals surface area contributed by atoms with Gasteiger partial charge in [0.2, 0.25) is 0 Å². The average Bonchev–Trinajstić information content (AvgIpc) is 3.08. The Kier molecular flexibility index (Phi) is 5.35. The summed E-state index contributed by atoms with van der Waals surface area (Å²) in [5, 5.41) is 7.96. The van der Waals surface area contributed by atoms with Crippen molar-refractivity contribution in [3.63, 3.8) is 0 Å². The zero-order valence-electron chi connectivity index (χ0n) is 17.4. The highest BCUT2D eigenvalue weighted by molar-refractivity contribution is 5.82. The van der Waals surface area contributed by atoms with Crippen molar-refractivity contribution in [2.45, 2.75) is 52.7 Å². The van der Waals surface area contributed by atoms with Crippen LogP contribution in [0.3, 0.4) is 0 Å². The summed E-state index contributed by atoms with van der Waals surface area (Å²) in [7, 11) is 1.98. The molecule has 0 radical (unpaired) electrons. The van der Waals surface area contributed by atoms with E-state index >= 15 is 0 Å². The summed E-state index contributed by atoms with van der Waals surface area (Å²) in [4.78, 5) is 21.0. The second kappa shape index (κ2) is 7.40. The molecule has 3 heterocycles. The van der Waals surface area contributed by atoms with E-state index in [0.717, 1.165) is 31.2 Å². The molecule has 1 unspecified atom stereocenters. The van der Waals surface area contributed by atoms with Crippen molar-refractivity contribution in [1.82, 2.24) is 24.9 Å². The van der Waals surface area contributed by atoms with E-state index in [2.05, 4.69) is 34.2 Å². The molecule has 1 aromatic rings. The molecule has 8 heteroatoms. The van der Waals surface area contributed by atoms with E-state index in [-0.39, 0.29) is 12.1 Å². The van der Waals surface area contributed by atoms with Crippen molar-refractivity contribution in [1.29, 1.82) is 0 Å². The lowest BCUT2D eigenvalue weighted by molar-refractivity contribution is 0.0137. The van der Waals surface area contributed by atoms with E-state index < -0.39 is 5.60 Å². The first-order valence-corrected chi connectivity index (χ1v) is 9.67. The fourth-order valence-electron chi connectivity index (χ4n) is 3.70. The van der Waals surface area contributed by atoms with Gasteiger partial charge in [0.15, 0.2) is 5.96 Å². The zero-order valence-corrected chi connectivity index (χ0v) is 17.4. The van der Waals surface area contributed by atoms with Gasteiger partial charge in [0.1, 0.15) is 5.60 Å². The molecule has 0 spiro atoms. The number of fused-ring (bicyclic) bond motifs is 1. The van der Waals surface area contributed by atoms with Gasteiger partial charge in [-0.15, -0.1) is 0 Å². The number of aromatic nitrogens is 2. The lowest BCUT2D eigenvalue weighted by atomic mass is 10.1. The van der Waals surface area contributed by atoms with Crippen LogP contribution in [0.1, 0.15) is 37.7 Å². The first kappa shape index (κ1) is 19.5. The molecule has 0 aliphatic carbocycles. The van der Waals surface area contributed by atoms with Gasteiger partial charge >= 0.3 is 6.09 Å². The van der Waals surface area contributed by atoms with Crippen LogP contribution in [0.5, 0.6) is 0 Å². The Bertz CT molecular complexity index is 733. The number of aryl methyl sites for hydroxylation is 2. The van der Waals surface area contributed by atoms with E-state index in [4.69, 9.17) is 4.74 Å². The standard InChI is InChI=1S/C19H32N6O2/c1-13-16(14(2)23(6)22-13)7-8-20-17-21-11-15-12-24(9-10-25(15)17)18(26)27-19(3,4)5/h15H,7-12H2,1-6H3,(H,20,21). The number of aliphatic imine (C=N–C) groups is 1. The Hall–Kier alpha value is -2.25. The van der Waals surface area contributed by atoms with Crippen LogP contribution >= 0.6 is 0 Å². The normalized spacial score (nSPS) is 19.8. The third-order valence-electron chi connectivity index (χ3n) is 5.18. The maximum Gasteiger partial charge on any atom is 0.410 e. The quantitative estimate of drug-likeness (QED) is 0.864. The molecule has 1 atom stereocenters. The Morgan fingerprint density at radius 1 is 1.30 bits per heavy atom. The van der Waals surface area contributed by atoms with Gasteiger partial charge in [0, 0.05) is 38.9 Å². The van der Waals surface area contributed by atoms with Crippen LogP contribution < -0.4 is 5.32 Å². The molecular weight excluding hydrogens is 344 g/mol. The minimum Gasteiger partial charge on any atom is -0.444 e. The molecule has 150 valence electrons. The summed E-state index contributed by atoms with van der Waals surface area (Å²) in [6.07, 6.45) is 0.693. The largest absolute Gasteiger partial charge is 0.444 e. The maximum atomic E-state index is 12.3. The van der Waals surface area contributed by atoms with Gasteiger partial charge in [-0.2, -0.15) is 5.10 Å². The van der Waals surface area contributed by atoms with E-state index in [1.165, 1.54) is 11.3 Å². The minimum atomic E-state index is -0.463. The number of guanidine groups is 1. The van der Waals surface area contributed by atoms with E-state index in [1.54, 1.807) is 4.90 Å². The fraction of sp³-hybridized carbons (Fsp3) is 0.737. The van der Waals surface area contributed by atoms with Gasteiger partial charge in [-0.1, -0.05) is 0 Å². The summed E-state index contributed by atoms with van der Waals surface area (Å²) < 4.78 is 7.43. The molecule has 27 heavy (non-hydrogen) atoms. The second-order valence-corrected chi connectivity index (χ2v) is 8.39. The van der Waals surface area contributed by atoms with Crippen LogP contribution in [0, 0.1) is 13.8 Å². The number of piperazine rings is 1. The van der Waals surface area contributed by atoms with E-state index in [9.17, 15) is 4.79 Å². The number of nitrogens with one attached hydrogen (secondary N) is 1. The predicted molar refractivity (Wildman–Crippen MR) is 105 cm³/mol. The smallest absolute Gasteiger partial charge is 0.410 e. The van der Waals surface area contributed by atoms with Crippen molar-refractivity contribution in [2.75, 3.05) is 32.7 Å². The molecular formula is C19H32N6O2. The van der Waals surface area contributed by atoms with Crippen LogP contribution in [-0.4, -0.2) is 76.0 Å². The molecule has 0 aromatic carbocycles. The summed E-state index contributed by atoms with van der Waals surface area (Å²) in [5.74, 6) is 0.947. The molecule has 2 aliphatic heterocycles. The summed E-state index contributed by atoms with van der Waals surface area (Å²) in [6, 6.07) is 0.232. The molecule has 1 aromatic heterocycles. The van der Waals surface area contributed by atoms with Gasteiger partial charge in [0.05, 0.1) is 18.3 Å². The van der Waals surface area contributed by atoms with Crippen LogP contribution in [0.4, 0.5) is 4.79 Å². The minimum absolute atomic E-state index is 0.230. The Morgan fingerprint density at radius 2 is 2.04 bits per heavy atom. The number of hydrogen-bond acceptors (Lipinski definition) is 6. The van der Waals surface area contributed by atoms with Crippen LogP contribution in [0.25, 0.3) is 0 Å². The highest BCUT2D eigenvalue weighted by Gasteiger charge is 2.36. The SMILES string of the molecule is Cc1nn(C)c(C)c1CCNC1=NCC2CN(C(=O)OC(C)(C)C)CCN12. The molecule has 1 fully saturated rings. The van der Waals surface area contributed by atoms with E-state index in [1.807, 2.05) is 32.5 Å². The van der Waals surface area contributed by atoms with Gasteiger partial charge in [-0.3, -0.25) is 9.67 Å². The van der Waals surface area contributed by atoms with Gasteiger partial charge in [0.25, 0.3) is 0 Å². The number of carbonyl (C=O) groups is 1. The lowest BCUT2D eigenvalue weighted by Gasteiger charge is -2.39. The first-order chi connectivity index (χ1) is 12.7. The molecule has 1 amide bonds. The van der Waals surface area contributed by atoms with Crippen LogP contribution in [-0.2, 0) is 18.2 Å². The Balaban J connectivity index is 1.50. The molecule has 0 bridgehead atoms. The molecule has 1 N–H and O–H groups in total. The molecule has 8 nitrogen and oxygen atoms in total. The summed E-state index contributed by atoms with van der Waals surface area (Å²) >= 11 is 0. The number of hydrogen-bond donors (Lipinski definition) is 1. The molecule has 3 rings (SSSR count). The zero-order chi connectivity index (χ0) is 19.8. The number of carbonyl (C=O) groups excluding carboxylic acids is 1. The Labute approximate surface area is 161 Å². The van der Waals surface area contributed by atoms with Crippen molar-refractivity contribution < 1.29 is 9.53 Å². The van der Waals surface area contributed by atoms with E-state index in [0.29, 0.717) is 19.6 Å². The highest BCUT2D eigenvalue weighted by Crippen LogP contribution is 2.19. The molecule has 0 saturated carbocycles. The monoisotopic (exact) mass is 376 g/mol. The average molecular weight is 377 g/mol. The highest BCUT2D eigenvalue weighted by atomic mass is 16.6.